The van der Waals surface area contributed by atoms with Crippen molar-refractivity contribution in [2.24, 2.45) is 0 Å². The summed E-state index contributed by atoms with van der Waals surface area (Å²) < 4.78 is 37.1. The fraction of sp³-hybridized carbons (Fsp3) is 0.273. The molecule has 0 saturated carbocycles. The lowest BCUT2D eigenvalue weighted by molar-refractivity contribution is -0.137. The van der Waals surface area contributed by atoms with Gasteiger partial charge in [0.05, 0.1) is 16.3 Å². The monoisotopic (exact) mass is 310 g/mol. The second kappa shape index (κ2) is 6.81. The first kappa shape index (κ1) is 15.8. The smallest absolute Gasteiger partial charge is 0.352 e. The lowest BCUT2D eigenvalue weighted by Gasteiger charge is -2.08. The molecule has 1 N–H and O–H groups in total. The number of amides is 1. The van der Waals surface area contributed by atoms with Crippen LogP contribution in [0, 0.1) is 0 Å². The largest absolute Gasteiger partial charge is 0.417 e. The van der Waals surface area contributed by atoms with Crippen LogP contribution in [0.1, 0.15) is 5.56 Å². The van der Waals surface area contributed by atoms with Crippen LogP contribution in [0.3, 0.4) is 0 Å². The van der Waals surface area contributed by atoms with E-state index in [0.717, 1.165) is 17.8 Å². The van der Waals surface area contributed by atoms with Crippen LogP contribution in [0.2, 0.25) is 5.02 Å². The number of hydrogen-bond acceptors (Lipinski definition) is 3. The van der Waals surface area contributed by atoms with Gasteiger partial charge in [-0.3, -0.25) is 4.79 Å². The highest BCUT2D eigenvalue weighted by atomic mass is 35.5. The molecule has 19 heavy (non-hydrogen) atoms. The number of carbonyl (C=O) groups is 1. The Kier molecular flexibility index (Phi) is 5.68. The van der Waals surface area contributed by atoms with Crippen LogP contribution in [0.5, 0.6) is 0 Å². The van der Waals surface area contributed by atoms with Crippen LogP contribution >= 0.6 is 23.4 Å². The Balaban J connectivity index is 2.65. The summed E-state index contributed by atoms with van der Waals surface area (Å²) in [6.07, 6.45) is -2.27. The molecule has 1 aromatic rings. The average molecular weight is 311 g/mol. The van der Waals surface area contributed by atoms with Gasteiger partial charge in [0.2, 0.25) is 5.91 Å². The van der Waals surface area contributed by atoms with Crippen molar-refractivity contribution in [3.8, 4) is 0 Å². The number of pyridine rings is 1. The second-order valence-electron chi connectivity index (χ2n) is 3.39. The summed E-state index contributed by atoms with van der Waals surface area (Å²) >= 11 is 6.66. The van der Waals surface area contributed by atoms with E-state index in [-0.39, 0.29) is 21.7 Å². The minimum atomic E-state index is -4.48. The average Bonchev–Trinajstić information content (AvgIpc) is 2.33. The molecule has 0 aromatic carbocycles. The van der Waals surface area contributed by atoms with Crippen LogP contribution in [-0.4, -0.2) is 23.2 Å². The molecule has 0 unspecified atom stereocenters. The molecule has 1 aromatic heterocycles. The van der Waals surface area contributed by atoms with E-state index >= 15 is 0 Å². The Morgan fingerprint density at radius 2 is 2.26 bits per heavy atom. The van der Waals surface area contributed by atoms with Gasteiger partial charge >= 0.3 is 6.18 Å². The number of nitrogens with zero attached hydrogens (tertiary/aromatic N) is 1. The first-order valence-corrected chi connectivity index (χ1v) is 6.44. The lowest BCUT2D eigenvalue weighted by Crippen LogP contribution is -2.24. The predicted molar refractivity (Wildman–Crippen MR) is 68.2 cm³/mol. The van der Waals surface area contributed by atoms with Crippen molar-refractivity contribution in [1.29, 1.82) is 0 Å². The molecule has 0 spiro atoms. The van der Waals surface area contributed by atoms with Crippen molar-refractivity contribution in [2.45, 2.75) is 11.2 Å². The summed E-state index contributed by atoms with van der Waals surface area (Å²) in [5.41, 5.74) is -0.919. The quantitative estimate of drug-likeness (QED) is 0.671. The molecule has 0 radical (unpaired) electrons. The highest BCUT2D eigenvalue weighted by Crippen LogP contribution is 2.33. The topological polar surface area (TPSA) is 42.0 Å². The van der Waals surface area contributed by atoms with E-state index in [1.807, 2.05) is 0 Å². The van der Waals surface area contributed by atoms with Crippen molar-refractivity contribution in [3.63, 3.8) is 0 Å². The van der Waals surface area contributed by atoms with Gasteiger partial charge in [-0.2, -0.15) is 13.2 Å². The number of alkyl halides is 3. The van der Waals surface area contributed by atoms with Gasteiger partial charge in [0.1, 0.15) is 5.03 Å². The molecule has 0 aliphatic carbocycles. The molecule has 0 saturated heterocycles. The van der Waals surface area contributed by atoms with Gasteiger partial charge < -0.3 is 5.32 Å². The Morgan fingerprint density at radius 1 is 1.58 bits per heavy atom. The molecule has 1 amide bonds. The molecule has 1 rings (SSSR count). The molecule has 8 heteroatoms. The third-order valence-electron chi connectivity index (χ3n) is 1.92. The Bertz CT molecular complexity index is 479. The normalized spacial score (nSPS) is 11.2. The molecule has 0 atom stereocenters. The highest BCUT2D eigenvalue weighted by molar-refractivity contribution is 8.00. The number of hydrogen-bond donors (Lipinski definition) is 1. The zero-order valence-corrected chi connectivity index (χ0v) is 11.2. The van der Waals surface area contributed by atoms with Gasteiger partial charge in [-0.1, -0.05) is 29.4 Å². The maximum Gasteiger partial charge on any atom is 0.417 e. The molecule has 3 nitrogen and oxygen atoms in total. The molecule has 0 fully saturated rings. The molecule has 1 heterocycles. The van der Waals surface area contributed by atoms with Crippen LogP contribution in [0.4, 0.5) is 13.2 Å². The summed E-state index contributed by atoms with van der Waals surface area (Å²) in [7, 11) is 0. The summed E-state index contributed by atoms with van der Waals surface area (Å²) in [6, 6.07) is 0.790. The molecule has 0 aliphatic heterocycles. The van der Waals surface area contributed by atoms with E-state index < -0.39 is 11.7 Å². The van der Waals surface area contributed by atoms with Crippen molar-refractivity contribution in [2.75, 3.05) is 12.3 Å². The van der Waals surface area contributed by atoms with E-state index in [4.69, 9.17) is 11.6 Å². The van der Waals surface area contributed by atoms with Crippen molar-refractivity contribution >= 4 is 29.3 Å². The van der Waals surface area contributed by atoms with Crippen molar-refractivity contribution in [3.05, 3.63) is 35.5 Å². The van der Waals surface area contributed by atoms with Gasteiger partial charge in [-0.25, -0.2) is 4.98 Å². The molecule has 0 bridgehead atoms. The van der Waals surface area contributed by atoms with E-state index in [1.165, 1.54) is 6.08 Å². The van der Waals surface area contributed by atoms with Gasteiger partial charge in [-0.05, 0) is 6.07 Å². The standard InChI is InChI=1S/C11H10ClF3N2OS/c1-2-3-16-9(18)6-19-10-8(12)4-7(5-17-10)11(13,14)15/h2,4-5H,1,3,6H2,(H,16,18). The molecule has 0 aliphatic rings. The summed E-state index contributed by atoms with van der Waals surface area (Å²) in [5, 5.41) is 2.58. The Labute approximate surface area is 117 Å². The zero-order chi connectivity index (χ0) is 14.5. The number of carbonyl (C=O) groups excluding carboxylic acids is 1. The Morgan fingerprint density at radius 3 is 2.79 bits per heavy atom. The molecular formula is C11H10ClF3N2OS. The van der Waals surface area contributed by atoms with Gasteiger partial charge in [-0.15, -0.1) is 6.58 Å². The fourth-order valence-corrected chi connectivity index (χ4v) is 2.08. The second-order valence-corrected chi connectivity index (χ2v) is 4.76. The number of aromatic nitrogens is 1. The van der Waals surface area contributed by atoms with E-state index in [1.54, 1.807) is 0 Å². The maximum atomic E-state index is 12.4. The maximum absolute atomic E-state index is 12.4. The van der Waals surface area contributed by atoms with E-state index in [2.05, 4.69) is 16.9 Å². The first-order chi connectivity index (χ1) is 8.84. The molecular weight excluding hydrogens is 301 g/mol. The predicted octanol–water partition coefficient (Wildman–Crippen LogP) is 3.15. The number of nitrogens with one attached hydrogen (secondary N) is 1. The number of halogens is 4. The van der Waals surface area contributed by atoms with Crippen LogP contribution in [0.25, 0.3) is 0 Å². The first-order valence-electron chi connectivity index (χ1n) is 5.07. The molecule has 104 valence electrons. The summed E-state index contributed by atoms with van der Waals surface area (Å²) in [5.74, 6) is -0.256. The summed E-state index contributed by atoms with van der Waals surface area (Å²) in [4.78, 5) is 14.9. The number of rotatable bonds is 5. The Hall–Kier alpha value is -1.21. The van der Waals surface area contributed by atoms with Crippen molar-refractivity contribution < 1.29 is 18.0 Å². The van der Waals surface area contributed by atoms with Gasteiger partial charge in [0.25, 0.3) is 0 Å². The number of thioether (sulfide) groups is 1. The van der Waals surface area contributed by atoms with Crippen LogP contribution in [-0.2, 0) is 11.0 Å². The minimum Gasteiger partial charge on any atom is -0.352 e. The van der Waals surface area contributed by atoms with Crippen LogP contribution in [0.15, 0.2) is 29.9 Å². The van der Waals surface area contributed by atoms with E-state index in [0.29, 0.717) is 12.7 Å². The van der Waals surface area contributed by atoms with E-state index in [9.17, 15) is 18.0 Å². The fourth-order valence-electron chi connectivity index (χ4n) is 1.06. The van der Waals surface area contributed by atoms with Crippen LogP contribution < -0.4 is 5.32 Å². The highest BCUT2D eigenvalue weighted by Gasteiger charge is 2.31. The lowest BCUT2D eigenvalue weighted by atomic mass is 10.3. The summed E-state index contributed by atoms with van der Waals surface area (Å²) in [6.45, 7) is 3.76. The third-order valence-corrected chi connectivity index (χ3v) is 3.32. The van der Waals surface area contributed by atoms with Crippen molar-refractivity contribution in [1.82, 2.24) is 10.3 Å². The SMILES string of the molecule is C=CCNC(=O)CSc1ncc(C(F)(F)F)cc1Cl. The van der Waals surface area contributed by atoms with Gasteiger partial charge in [0, 0.05) is 12.7 Å². The third kappa shape index (κ3) is 5.12. The minimum absolute atomic E-state index is 0.0198. The zero-order valence-electron chi connectivity index (χ0n) is 9.63. The van der Waals surface area contributed by atoms with Gasteiger partial charge in [0.15, 0.2) is 0 Å².